The second-order valence-corrected chi connectivity index (χ2v) is 6.45. The van der Waals surface area contributed by atoms with Gasteiger partial charge < -0.3 is 16.0 Å². The zero-order valence-corrected chi connectivity index (χ0v) is 16.0. The SMILES string of the molecule is O=C(Cc1cccc(F)c1)NCCNC(=O)c1cccnc1Nc1cccc(F)c1. The summed E-state index contributed by atoms with van der Waals surface area (Å²) in [5.41, 5.74) is 1.32. The molecule has 0 saturated heterocycles. The monoisotopic (exact) mass is 410 g/mol. The fraction of sp³-hybridized carbons (Fsp3) is 0.136. The van der Waals surface area contributed by atoms with Crippen LogP contribution in [0.4, 0.5) is 20.3 Å². The van der Waals surface area contributed by atoms with Crippen molar-refractivity contribution in [3.8, 4) is 0 Å². The summed E-state index contributed by atoms with van der Waals surface area (Å²) in [6, 6.07) is 14.9. The van der Waals surface area contributed by atoms with Crippen molar-refractivity contribution in [1.82, 2.24) is 15.6 Å². The number of carbonyl (C=O) groups is 2. The van der Waals surface area contributed by atoms with Crippen LogP contribution in [0, 0.1) is 11.6 Å². The molecule has 0 unspecified atom stereocenters. The van der Waals surface area contributed by atoms with E-state index in [1.54, 1.807) is 36.4 Å². The lowest BCUT2D eigenvalue weighted by Crippen LogP contribution is -2.35. The van der Waals surface area contributed by atoms with Crippen molar-refractivity contribution in [2.75, 3.05) is 18.4 Å². The number of hydrogen-bond acceptors (Lipinski definition) is 4. The first kappa shape index (κ1) is 20.9. The van der Waals surface area contributed by atoms with Crippen molar-refractivity contribution in [3.63, 3.8) is 0 Å². The van der Waals surface area contributed by atoms with E-state index in [9.17, 15) is 18.4 Å². The zero-order chi connectivity index (χ0) is 21.3. The summed E-state index contributed by atoms with van der Waals surface area (Å²) in [6.07, 6.45) is 1.57. The van der Waals surface area contributed by atoms with Gasteiger partial charge in [0.05, 0.1) is 12.0 Å². The first-order chi connectivity index (χ1) is 14.5. The number of nitrogens with zero attached hydrogens (tertiary/aromatic N) is 1. The molecule has 0 aliphatic heterocycles. The van der Waals surface area contributed by atoms with Crippen molar-refractivity contribution >= 4 is 23.3 Å². The van der Waals surface area contributed by atoms with E-state index in [2.05, 4.69) is 20.9 Å². The molecule has 1 aromatic heterocycles. The summed E-state index contributed by atoms with van der Waals surface area (Å²) in [4.78, 5) is 28.5. The molecule has 0 bridgehead atoms. The average molecular weight is 410 g/mol. The van der Waals surface area contributed by atoms with Gasteiger partial charge in [-0.05, 0) is 48.0 Å². The van der Waals surface area contributed by atoms with Crippen molar-refractivity contribution in [3.05, 3.63) is 89.6 Å². The third-order valence-electron chi connectivity index (χ3n) is 4.13. The van der Waals surface area contributed by atoms with Crippen molar-refractivity contribution in [2.45, 2.75) is 6.42 Å². The molecule has 1 heterocycles. The Hall–Kier alpha value is -3.81. The first-order valence-corrected chi connectivity index (χ1v) is 9.28. The average Bonchev–Trinajstić information content (AvgIpc) is 2.71. The normalized spacial score (nSPS) is 10.3. The lowest BCUT2D eigenvalue weighted by molar-refractivity contribution is -0.120. The van der Waals surface area contributed by atoms with Crippen LogP contribution >= 0.6 is 0 Å². The second kappa shape index (κ2) is 10.1. The molecule has 6 nitrogen and oxygen atoms in total. The molecule has 0 aliphatic carbocycles. The van der Waals surface area contributed by atoms with E-state index in [0.29, 0.717) is 11.3 Å². The number of nitrogens with one attached hydrogen (secondary N) is 3. The molecule has 3 N–H and O–H groups in total. The number of rotatable bonds is 8. The van der Waals surface area contributed by atoms with Gasteiger partial charge in [-0.15, -0.1) is 0 Å². The molecule has 0 saturated carbocycles. The van der Waals surface area contributed by atoms with Gasteiger partial charge in [-0.25, -0.2) is 13.8 Å². The number of carbonyl (C=O) groups excluding carboxylic acids is 2. The Kier molecular flexibility index (Phi) is 7.05. The first-order valence-electron chi connectivity index (χ1n) is 9.28. The van der Waals surface area contributed by atoms with Crippen LogP contribution in [0.15, 0.2) is 66.9 Å². The van der Waals surface area contributed by atoms with Crippen molar-refractivity contribution in [2.24, 2.45) is 0 Å². The molecule has 30 heavy (non-hydrogen) atoms. The predicted molar refractivity (Wildman–Crippen MR) is 109 cm³/mol. The summed E-state index contributed by atoms with van der Waals surface area (Å²) >= 11 is 0. The van der Waals surface area contributed by atoms with Gasteiger partial charge in [-0.3, -0.25) is 9.59 Å². The highest BCUT2D eigenvalue weighted by Crippen LogP contribution is 2.19. The molecule has 8 heteroatoms. The maximum Gasteiger partial charge on any atom is 0.255 e. The minimum Gasteiger partial charge on any atom is -0.354 e. The molecule has 2 aromatic carbocycles. The number of aromatic nitrogens is 1. The van der Waals surface area contributed by atoms with E-state index in [0.717, 1.165) is 0 Å². The third-order valence-corrected chi connectivity index (χ3v) is 4.13. The van der Waals surface area contributed by atoms with Gasteiger partial charge in [-0.2, -0.15) is 0 Å². The molecule has 3 aromatic rings. The smallest absolute Gasteiger partial charge is 0.255 e. The summed E-state index contributed by atoms with van der Waals surface area (Å²) in [6.45, 7) is 0.412. The largest absolute Gasteiger partial charge is 0.354 e. The number of hydrogen-bond donors (Lipinski definition) is 3. The van der Waals surface area contributed by atoms with Crippen LogP contribution in [-0.2, 0) is 11.2 Å². The van der Waals surface area contributed by atoms with Crippen molar-refractivity contribution in [1.29, 1.82) is 0 Å². The van der Waals surface area contributed by atoms with E-state index >= 15 is 0 Å². The van der Waals surface area contributed by atoms with E-state index in [1.807, 2.05) is 0 Å². The lowest BCUT2D eigenvalue weighted by atomic mass is 10.1. The van der Waals surface area contributed by atoms with Crippen LogP contribution in [0.25, 0.3) is 0 Å². The molecule has 0 spiro atoms. The second-order valence-electron chi connectivity index (χ2n) is 6.45. The van der Waals surface area contributed by atoms with E-state index in [-0.39, 0.29) is 42.7 Å². The Bertz CT molecular complexity index is 1040. The third kappa shape index (κ3) is 6.10. The van der Waals surface area contributed by atoms with Gasteiger partial charge >= 0.3 is 0 Å². The highest BCUT2D eigenvalue weighted by atomic mass is 19.1. The fourth-order valence-electron chi connectivity index (χ4n) is 2.76. The van der Waals surface area contributed by atoms with Crippen LogP contribution in [0.5, 0.6) is 0 Å². The van der Waals surface area contributed by atoms with Crippen LogP contribution in [0.2, 0.25) is 0 Å². The van der Waals surface area contributed by atoms with Gasteiger partial charge in [0.2, 0.25) is 5.91 Å². The number of benzene rings is 2. The highest BCUT2D eigenvalue weighted by Gasteiger charge is 2.12. The predicted octanol–water partition coefficient (Wildman–Crippen LogP) is 3.19. The fourth-order valence-corrected chi connectivity index (χ4v) is 2.76. The Balaban J connectivity index is 1.50. The minimum absolute atomic E-state index is 0.0516. The summed E-state index contributed by atoms with van der Waals surface area (Å²) < 4.78 is 26.5. The molecule has 0 atom stereocenters. The summed E-state index contributed by atoms with van der Waals surface area (Å²) in [5.74, 6) is -1.18. The highest BCUT2D eigenvalue weighted by molar-refractivity contribution is 5.99. The molecular weight excluding hydrogens is 390 g/mol. The Morgan fingerprint density at radius 1 is 0.867 bits per heavy atom. The van der Waals surface area contributed by atoms with Crippen LogP contribution in [0.1, 0.15) is 15.9 Å². The van der Waals surface area contributed by atoms with Gasteiger partial charge in [-0.1, -0.05) is 18.2 Å². The van der Waals surface area contributed by atoms with Gasteiger partial charge in [0.1, 0.15) is 17.5 Å². The van der Waals surface area contributed by atoms with E-state index in [1.165, 1.54) is 30.5 Å². The topological polar surface area (TPSA) is 83.1 Å². The van der Waals surface area contributed by atoms with Gasteiger partial charge in [0.25, 0.3) is 5.91 Å². The summed E-state index contributed by atoms with van der Waals surface area (Å²) in [5, 5.41) is 8.29. The number of anilines is 2. The molecule has 2 amide bonds. The Morgan fingerprint density at radius 2 is 1.60 bits per heavy atom. The van der Waals surface area contributed by atoms with Gasteiger partial charge in [0.15, 0.2) is 0 Å². The Labute approximate surface area is 172 Å². The van der Waals surface area contributed by atoms with Gasteiger partial charge in [0, 0.05) is 25.0 Å². The molecule has 0 radical (unpaired) electrons. The molecule has 154 valence electrons. The Morgan fingerprint density at radius 3 is 2.37 bits per heavy atom. The van der Waals surface area contributed by atoms with Crippen LogP contribution in [-0.4, -0.2) is 29.9 Å². The maximum absolute atomic E-state index is 13.4. The van der Waals surface area contributed by atoms with E-state index < -0.39 is 11.6 Å². The minimum atomic E-state index is -0.407. The van der Waals surface area contributed by atoms with E-state index in [4.69, 9.17) is 0 Å². The maximum atomic E-state index is 13.4. The van der Waals surface area contributed by atoms with Crippen LogP contribution < -0.4 is 16.0 Å². The van der Waals surface area contributed by atoms with Crippen LogP contribution in [0.3, 0.4) is 0 Å². The lowest BCUT2D eigenvalue weighted by Gasteiger charge is -2.12. The molecule has 0 fully saturated rings. The van der Waals surface area contributed by atoms with Crippen molar-refractivity contribution < 1.29 is 18.4 Å². The number of halogens is 2. The molecule has 3 rings (SSSR count). The quantitative estimate of drug-likeness (QED) is 0.498. The molecule has 0 aliphatic rings. The summed E-state index contributed by atoms with van der Waals surface area (Å²) in [7, 11) is 0. The number of amides is 2. The number of pyridine rings is 1. The zero-order valence-electron chi connectivity index (χ0n) is 16.0. The molecular formula is C22H20F2N4O2. The standard InChI is InChI=1S/C22H20F2N4O2/c23-16-5-1-4-15(12-16)13-20(29)25-10-11-27-22(30)19-8-3-9-26-21(19)28-18-7-2-6-17(24)14-18/h1-9,12,14H,10-11,13H2,(H,25,29)(H,26,28)(H,27,30).